The van der Waals surface area contributed by atoms with E-state index in [1.54, 1.807) is 4.90 Å². The molecule has 2 saturated heterocycles. The highest BCUT2D eigenvalue weighted by atomic mass is 16.2. The molecule has 0 spiro atoms. The Hall–Kier alpha value is -1.54. The van der Waals surface area contributed by atoms with Crippen LogP contribution in [0, 0.1) is 0 Å². The topological polar surface area (TPSA) is 90.0 Å². The minimum absolute atomic E-state index is 0.134. The lowest BCUT2D eigenvalue weighted by Crippen LogP contribution is -2.62. The number of piperazine rings is 1. The predicted octanol–water partition coefficient (Wildman–Crippen LogP) is -2.07. The second-order valence-corrected chi connectivity index (χ2v) is 4.38. The van der Waals surface area contributed by atoms with Gasteiger partial charge in [0.15, 0.2) is 0 Å². The molecule has 17 heavy (non-hydrogen) atoms. The first kappa shape index (κ1) is 10.6. The monoisotopic (exact) mass is 237 g/mol. The fourth-order valence-electron chi connectivity index (χ4n) is 2.22. The van der Waals surface area contributed by atoms with Crippen molar-refractivity contribution in [2.45, 2.75) is 6.04 Å². The van der Waals surface area contributed by atoms with Crippen LogP contribution in [0.5, 0.6) is 0 Å². The van der Waals surface area contributed by atoms with Crippen molar-refractivity contribution in [3.8, 4) is 0 Å². The summed E-state index contributed by atoms with van der Waals surface area (Å²) in [6, 6.07) is 0.650. The first-order valence-corrected chi connectivity index (χ1v) is 5.82. The highest BCUT2D eigenvalue weighted by Crippen LogP contribution is 2.10. The Morgan fingerprint density at radius 2 is 2.00 bits per heavy atom. The zero-order valence-electron chi connectivity index (χ0n) is 9.46. The number of nitrogens with one attached hydrogen (secondary N) is 2. The van der Waals surface area contributed by atoms with Gasteiger partial charge in [0.2, 0.25) is 0 Å². The second-order valence-electron chi connectivity index (χ2n) is 4.38. The molecule has 3 rings (SSSR count). The summed E-state index contributed by atoms with van der Waals surface area (Å²) in [5, 5.41) is 16.4. The molecule has 0 atom stereocenters. The molecule has 8 heteroatoms. The summed E-state index contributed by atoms with van der Waals surface area (Å²) >= 11 is 0. The van der Waals surface area contributed by atoms with Gasteiger partial charge in [0.25, 0.3) is 11.7 Å². The fourth-order valence-corrected chi connectivity index (χ4v) is 2.22. The molecule has 92 valence electrons. The number of nitrogens with zero attached hydrogens (tertiary/aromatic N) is 5. The molecule has 0 unspecified atom stereocenters. The third-order valence-corrected chi connectivity index (χ3v) is 3.41. The maximum Gasteiger partial charge on any atom is 0.295 e. The van der Waals surface area contributed by atoms with Crippen molar-refractivity contribution in [3.05, 3.63) is 5.82 Å². The number of carbonyl (C=O) groups is 1. The summed E-state index contributed by atoms with van der Waals surface area (Å²) in [5.41, 5.74) is 0. The highest BCUT2D eigenvalue weighted by Gasteiger charge is 2.30. The smallest absolute Gasteiger partial charge is 0.295 e. The van der Waals surface area contributed by atoms with Crippen LogP contribution < -0.4 is 5.32 Å². The second kappa shape index (κ2) is 4.38. The maximum absolute atomic E-state index is 11.9. The Kier molecular flexibility index (Phi) is 2.73. The SMILES string of the molecule is O=C(c1nn[nH]n1)N1CCN(C2CNC2)CC1. The van der Waals surface area contributed by atoms with Gasteiger partial charge >= 0.3 is 0 Å². The molecule has 0 bridgehead atoms. The molecule has 0 aliphatic carbocycles. The first-order valence-electron chi connectivity index (χ1n) is 5.82. The van der Waals surface area contributed by atoms with Gasteiger partial charge in [0.05, 0.1) is 0 Å². The van der Waals surface area contributed by atoms with Crippen molar-refractivity contribution < 1.29 is 4.79 Å². The van der Waals surface area contributed by atoms with E-state index in [4.69, 9.17) is 0 Å². The number of aromatic amines is 1. The number of H-pyrrole nitrogens is 1. The maximum atomic E-state index is 11.9. The molecular formula is C9H15N7O. The average molecular weight is 237 g/mol. The Labute approximate surface area is 98.3 Å². The van der Waals surface area contributed by atoms with E-state index in [9.17, 15) is 4.79 Å². The van der Waals surface area contributed by atoms with Gasteiger partial charge < -0.3 is 10.2 Å². The van der Waals surface area contributed by atoms with Crippen molar-refractivity contribution in [3.63, 3.8) is 0 Å². The summed E-state index contributed by atoms with van der Waals surface area (Å²) < 4.78 is 0. The van der Waals surface area contributed by atoms with Crippen molar-refractivity contribution in [2.24, 2.45) is 0 Å². The summed E-state index contributed by atoms with van der Waals surface area (Å²) in [6.07, 6.45) is 0. The van der Waals surface area contributed by atoms with Crippen LogP contribution in [-0.2, 0) is 0 Å². The summed E-state index contributed by atoms with van der Waals surface area (Å²) in [4.78, 5) is 16.1. The van der Waals surface area contributed by atoms with Crippen LogP contribution in [0.2, 0.25) is 0 Å². The molecule has 0 saturated carbocycles. The predicted molar refractivity (Wildman–Crippen MR) is 58.3 cm³/mol. The summed E-state index contributed by atoms with van der Waals surface area (Å²) in [5.74, 6) is 0.0221. The molecule has 0 radical (unpaired) electrons. The number of hydrogen-bond acceptors (Lipinski definition) is 6. The number of carbonyl (C=O) groups excluding carboxylic acids is 1. The zero-order valence-corrected chi connectivity index (χ0v) is 9.46. The third-order valence-electron chi connectivity index (χ3n) is 3.41. The minimum atomic E-state index is -0.134. The molecule has 2 aliphatic heterocycles. The number of tetrazole rings is 1. The van der Waals surface area contributed by atoms with Gasteiger partial charge in [0, 0.05) is 45.3 Å². The lowest BCUT2D eigenvalue weighted by molar-refractivity contribution is 0.0492. The molecule has 2 aliphatic rings. The number of hydrogen-bond donors (Lipinski definition) is 2. The van der Waals surface area contributed by atoms with Gasteiger partial charge in [-0.25, -0.2) is 0 Å². The van der Waals surface area contributed by atoms with Crippen LogP contribution in [0.25, 0.3) is 0 Å². The molecule has 3 heterocycles. The fraction of sp³-hybridized carbons (Fsp3) is 0.778. The molecule has 1 aromatic rings. The van der Waals surface area contributed by atoms with E-state index >= 15 is 0 Å². The van der Waals surface area contributed by atoms with Crippen molar-refractivity contribution >= 4 is 5.91 Å². The van der Waals surface area contributed by atoms with Crippen molar-refractivity contribution in [1.82, 2.24) is 35.7 Å². The molecule has 2 N–H and O–H groups in total. The summed E-state index contributed by atoms with van der Waals surface area (Å²) in [6.45, 7) is 5.47. The number of aromatic nitrogens is 4. The quantitative estimate of drug-likeness (QED) is 0.614. The zero-order chi connectivity index (χ0) is 11.7. The van der Waals surface area contributed by atoms with Crippen molar-refractivity contribution in [2.75, 3.05) is 39.3 Å². The van der Waals surface area contributed by atoms with Crippen LogP contribution in [0.4, 0.5) is 0 Å². The van der Waals surface area contributed by atoms with Crippen LogP contribution >= 0.6 is 0 Å². The number of amides is 1. The van der Waals surface area contributed by atoms with E-state index in [1.165, 1.54) is 0 Å². The molecule has 0 aromatic carbocycles. The van der Waals surface area contributed by atoms with Crippen LogP contribution in [0.3, 0.4) is 0 Å². The molecule has 8 nitrogen and oxygen atoms in total. The Morgan fingerprint density at radius 1 is 1.24 bits per heavy atom. The summed E-state index contributed by atoms with van der Waals surface area (Å²) in [7, 11) is 0. The normalized spacial score (nSPS) is 22.5. The number of rotatable bonds is 2. The van der Waals surface area contributed by atoms with Crippen LogP contribution in [-0.4, -0.2) is 81.6 Å². The molecule has 1 aromatic heterocycles. The average Bonchev–Trinajstić information content (AvgIpc) is 2.80. The Bertz CT molecular complexity index is 380. The van der Waals surface area contributed by atoms with Crippen LogP contribution in [0.15, 0.2) is 0 Å². The van der Waals surface area contributed by atoms with E-state index in [0.717, 1.165) is 39.3 Å². The Balaban J connectivity index is 1.55. The molecule has 2 fully saturated rings. The van der Waals surface area contributed by atoms with E-state index < -0.39 is 0 Å². The van der Waals surface area contributed by atoms with Gasteiger partial charge in [-0.3, -0.25) is 9.69 Å². The van der Waals surface area contributed by atoms with Gasteiger partial charge in [0.1, 0.15) is 0 Å². The van der Waals surface area contributed by atoms with E-state index in [2.05, 4.69) is 30.8 Å². The Morgan fingerprint density at radius 3 is 2.53 bits per heavy atom. The van der Waals surface area contributed by atoms with Crippen molar-refractivity contribution in [1.29, 1.82) is 0 Å². The van der Waals surface area contributed by atoms with Gasteiger partial charge in [-0.05, 0) is 5.21 Å². The lowest BCUT2D eigenvalue weighted by Gasteiger charge is -2.43. The molecule has 1 amide bonds. The highest BCUT2D eigenvalue weighted by molar-refractivity contribution is 5.90. The van der Waals surface area contributed by atoms with Gasteiger partial charge in [-0.1, -0.05) is 0 Å². The minimum Gasteiger partial charge on any atom is -0.333 e. The van der Waals surface area contributed by atoms with Gasteiger partial charge in [-0.15, -0.1) is 10.2 Å². The van der Waals surface area contributed by atoms with E-state index in [1.807, 2.05) is 0 Å². The largest absolute Gasteiger partial charge is 0.333 e. The van der Waals surface area contributed by atoms with E-state index in [-0.39, 0.29) is 11.7 Å². The lowest BCUT2D eigenvalue weighted by atomic mass is 10.1. The molecular weight excluding hydrogens is 222 g/mol. The third kappa shape index (κ3) is 2.01. The first-order chi connectivity index (χ1) is 8.34. The van der Waals surface area contributed by atoms with Crippen LogP contribution in [0.1, 0.15) is 10.6 Å². The van der Waals surface area contributed by atoms with Gasteiger partial charge in [-0.2, -0.15) is 5.21 Å². The van der Waals surface area contributed by atoms with E-state index in [0.29, 0.717) is 6.04 Å². The standard InChI is InChI=1S/C9H15N7O/c17-9(8-11-13-14-12-8)16-3-1-15(2-4-16)7-5-10-6-7/h7,10H,1-6H2,(H,11,12,13,14).